The fourth-order valence-electron chi connectivity index (χ4n) is 3.97. The van der Waals surface area contributed by atoms with Gasteiger partial charge >= 0.3 is 0 Å². The van der Waals surface area contributed by atoms with E-state index in [1.165, 1.54) is 10.9 Å². The van der Waals surface area contributed by atoms with Crippen molar-refractivity contribution in [3.05, 3.63) is 84.6 Å². The monoisotopic (exact) mass is 379 g/mol. The molecule has 0 fully saturated rings. The Hall–Kier alpha value is -3.66. The molecule has 0 saturated carbocycles. The summed E-state index contributed by atoms with van der Waals surface area (Å²) in [5, 5.41) is 7.44. The molecule has 3 aromatic carbocycles. The molecule has 1 amide bonds. The number of nitrogens with zero attached hydrogens (tertiary/aromatic N) is 1. The maximum absolute atomic E-state index is 12.6. The Morgan fingerprint density at radius 1 is 0.828 bits per heavy atom. The van der Waals surface area contributed by atoms with Gasteiger partial charge in [-0.15, -0.1) is 0 Å². The Bertz CT molecular complexity index is 1340. The minimum absolute atomic E-state index is 0.00206. The van der Waals surface area contributed by atoms with Crippen LogP contribution in [0, 0.1) is 0 Å². The highest BCUT2D eigenvalue weighted by Gasteiger charge is 2.11. The number of pyridine rings is 1. The molecule has 5 rings (SSSR count). The van der Waals surface area contributed by atoms with E-state index in [1.807, 2.05) is 54.7 Å². The average Bonchev–Trinajstić information content (AvgIpc) is 3.17. The molecule has 29 heavy (non-hydrogen) atoms. The van der Waals surface area contributed by atoms with Crippen molar-refractivity contribution < 1.29 is 4.79 Å². The van der Waals surface area contributed by atoms with Crippen LogP contribution in [0.15, 0.2) is 79.0 Å². The van der Waals surface area contributed by atoms with Gasteiger partial charge in [0.15, 0.2) is 0 Å². The first-order chi connectivity index (χ1) is 14.3. The number of rotatable bonds is 5. The molecule has 0 atom stereocenters. The molecule has 0 spiro atoms. The first-order valence-corrected chi connectivity index (χ1v) is 9.92. The van der Waals surface area contributed by atoms with Gasteiger partial charge in [0.1, 0.15) is 5.82 Å². The van der Waals surface area contributed by atoms with Gasteiger partial charge in [0.25, 0.3) is 0 Å². The summed E-state index contributed by atoms with van der Waals surface area (Å²) >= 11 is 0. The van der Waals surface area contributed by atoms with E-state index in [-0.39, 0.29) is 5.91 Å². The van der Waals surface area contributed by atoms with E-state index in [1.54, 1.807) is 0 Å². The van der Waals surface area contributed by atoms with Gasteiger partial charge in [-0.1, -0.05) is 60.7 Å². The molecule has 4 heteroatoms. The van der Waals surface area contributed by atoms with Crippen molar-refractivity contribution in [3.63, 3.8) is 0 Å². The number of carbonyl (C=O) groups excluding carboxylic acids is 1. The van der Waals surface area contributed by atoms with Gasteiger partial charge in [-0.05, 0) is 35.9 Å². The van der Waals surface area contributed by atoms with Crippen LogP contribution in [0.1, 0.15) is 18.4 Å². The van der Waals surface area contributed by atoms with Crippen molar-refractivity contribution in [1.82, 2.24) is 9.97 Å². The number of fused-ring (bicyclic) bond motifs is 4. The number of amides is 1. The lowest BCUT2D eigenvalue weighted by molar-refractivity contribution is -0.116. The quantitative estimate of drug-likeness (QED) is 0.377. The lowest BCUT2D eigenvalue weighted by atomic mass is 10.1. The Morgan fingerprint density at radius 3 is 2.38 bits per heavy atom. The van der Waals surface area contributed by atoms with Crippen molar-refractivity contribution in [2.24, 2.45) is 0 Å². The van der Waals surface area contributed by atoms with Crippen molar-refractivity contribution >= 4 is 44.3 Å². The number of carbonyl (C=O) groups is 1. The highest BCUT2D eigenvalue weighted by Crippen LogP contribution is 2.29. The number of benzene rings is 3. The summed E-state index contributed by atoms with van der Waals surface area (Å²) < 4.78 is 0. The van der Waals surface area contributed by atoms with Crippen molar-refractivity contribution in [2.75, 3.05) is 5.32 Å². The predicted molar refractivity (Wildman–Crippen MR) is 119 cm³/mol. The fourth-order valence-corrected chi connectivity index (χ4v) is 3.97. The van der Waals surface area contributed by atoms with Crippen molar-refractivity contribution in [2.45, 2.75) is 19.3 Å². The summed E-state index contributed by atoms with van der Waals surface area (Å²) in [5.74, 6) is 0.633. The molecule has 0 aliphatic carbocycles. The summed E-state index contributed by atoms with van der Waals surface area (Å²) in [5.41, 5.74) is 3.28. The Balaban J connectivity index is 1.33. The molecule has 0 unspecified atom stereocenters. The topological polar surface area (TPSA) is 57.8 Å². The van der Waals surface area contributed by atoms with E-state index < -0.39 is 0 Å². The Morgan fingerprint density at radius 2 is 1.52 bits per heavy atom. The predicted octanol–water partition coefficient (Wildman–Crippen LogP) is 5.83. The number of anilines is 1. The second-order valence-electron chi connectivity index (χ2n) is 7.28. The van der Waals surface area contributed by atoms with Gasteiger partial charge in [-0.2, -0.15) is 0 Å². The second kappa shape index (κ2) is 7.40. The maximum atomic E-state index is 12.6. The molecule has 2 aromatic heterocycles. The highest BCUT2D eigenvalue weighted by atomic mass is 16.1. The molecule has 0 saturated heterocycles. The highest BCUT2D eigenvalue weighted by molar-refractivity contribution is 6.12. The number of hydrogen-bond donors (Lipinski definition) is 2. The average molecular weight is 379 g/mol. The zero-order valence-corrected chi connectivity index (χ0v) is 16.0. The third kappa shape index (κ3) is 3.34. The molecular weight excluding hydrogens is 358 g/mol. The van der Waals surface area contributed by atoms with Gasteiger partial charge in [0.2, 0.25) is 5.91 Å². The van der Waals surface area contributed by atoms with E-state index >= 15 is 0 Å². The zero-order valence-electron chi connectivity index (χ0n) is 16.0. The lowest BCUT2D eigenvalue weighted by Crippen LogP contribution is -2.13. The number of para-hydroxylation sites is 2. The van der Waals surface area contributed by atoms with Gasteiger partial charge in [0.05, 0.1) is 5.52 Å². The van der Waals surface area contributed by atoms with Crippen LogP contribution in [0.25, 0.3) is 32.6 Å². The number of hydrogen-bond acceptors (Lipinski definition) is 2. The van der Waals surface area contributed by atoms with Crippen LogP contribution >= 0.6 is 0 Å². The Labute approximate surface area is 168 Å². The molecule has 0 aliphatic heterocycles. The second-order valence-corrected chi connectivity index (χ2v) is 7.28. The summed E-state index contributed by atoms with van der Waals surface area (Å²) in [7, 11) is 0. The van der Waals surface area contributed by atoms with Crippen LogP contribution in [0.5, 0.6) is 0 Å². The van der Waals surface area contributed by atoms with Crippen LogP contribution in [0.4, 0.5) is 5.82 Å². The largest absolute Gasteiger partial charge is 0.361 e. The summed E-state index contributed by atoms with van der Waals surface area (Å²) in [6, 6.07) is 24.4. The van der Waals surface area contributed by atoms with E-state index in [0.29, 0.717) is 12.2 Å². The lowest BCUT2D eigenvalue weighted by Gasteiger charge is -2.11. The Kier molecular flexibility index (Phi) is 4.45. The van der Waals surface area contributed by atoms with Crippen molar-refractivity contribution in [1.29, 1.82) is 0 Å². The maximum Gasteiger partial charge on any atom is 0.225 e. The fraction of sp³-hybridized carbons (Fsp3) is 0.120. The van der Waals surface area contributed by atoms with Crippen LogP contribution in [-0.4, -0.2) is 15.9 Å². The molecule has 0 bridgehead atoms. The number of nitrogens with one attached hydrogen (secondary N) is 2. The minimum atomic E-state index is -0.00206. The first-order valence-electron chi connectivity index (χ1n) is 9.92. The number of aromatic amines is 1. The molecule has 4 nitrogen and oxygen atoms in total. The molecule has 0 aliphatic rings. The first kappa shape index (κ1) is 17.4. The van der Waals surface area contributed by atoms with Crippen LogP contribution < -0.4 is 5.32 Å². The minimum Gasteiger partial charge on any atom is -0.361 e. The SMILES string of the molecule is O=C(CCCc1c[nH]c2ccccc12)Nc1nc2ccccc2c2ccccc12. The third-order valence-corrected chi connectivity index (χ3v) is 5.39. The summed E-state index contributed by atoms with van der Waals surface area (Å²) in [6.07, 6.45) is 4.16. The summed E-state index contributed by atoms with van der Waals surface area (Å²) in [4.78, 5) is 20.6. The van der Waals surface area contributed by atoms with E-state index in [2.05, 4.69) is 34.6 Å². The molecule has 142 valence electrons. The number of aromatic nitrogens is 2. The van der Waals surface area contributed by atoms with Crippen LogP contribution in [0.3, 0.4) is 0 Å². The van der Waals surface area contributed by atoms with Gasteiger partial charge in [-0.3, -0.25) is 4.79 Å². The van der Waals surface area contributed by atoms with Gasteiger partial charge in [0, 0.05) is 34.3 Å². The zero-order chi connectivity index (χ0) is 19.6. The standard InChI is InChI=1S/C25H21N3O/c29-24(15-7-8-17-16-26-22-13-5-3-9-18(17)22)28-25-21-12-2-1-10-19(21)20-11-4-6-14-23(20)27-25/h1-6,9-14,16,26H,7-8,15H2,(H,27,28,29). The number of H-pyrrole nitrogens is 1. The molecular formula is C25H21N3O. The molecule has 2 heterocycles. The van der Waals surface area contributed by atoms with Gasteiger partial charge in [-0.25, -0.2) is 4.98 Å². The number of aryl methyl sites for hydroxylation is 1. The van der Waals surface area contributed by atoms with Gasteiger partial charge < -0.3 is 10.3 Å². The summed E-state index contributed by atoms with van der Waals surface area (Å²) in [6.45, 7) is 0. The third-order valence-electron chi connectivity index (χ3n) is 5.39. The van der Waals surface area contributed by atoms with E-state index in [4.69, 9.17) is 4.98 Å². The molecule has 0 radical (unpaired) electrons. The molecule has 5 aromatic rings. The molecule has 2 N–H and O–H groups in total. The van der Waals surface area contributed by atoms with Crippen LogP contribution in [0.2, 0.25) is 0 Å². The van der Waals surface area contributed by atoms with Crippen LogP contribution in [-0.2, 0) is 11.2 Å². The van der Waals surface area contributed by atoms with E-state index in [9.17, 15) is 4.79 Å². The normalized spacial score (nSPS) is 11.3. The van der Waals surface area contributed by atoms with Crippen molar-refractivity contribution in [3.8, 4) is 0 Å². The van der Waals surface area contributed by atoms with E-state index in [0.717, 1.165) is 40.0 Å². The smallest absolute Gasteiger partial charge is 0.225 e.